The quantitative estimate of drug-likeness (QED) is 0.556. The first-order valence-electron chi connectivity index (χ1n) is 13.1. The molecular formula is C25H37F3N6O4S. The summed E-state index contributed by atoms with van der Waals surface area (Å²) in [5, 5.41) is 11.7. The second-order valence-electron chi connectivity index (χ2n) is 11.1. The van der Waals surface area contributed by atoms with Crippen LogP contribution in [0.25, 0.3) is 0 Å². The van der Waals surface area contributed by atoms with E-state index in [9.17, 15) is 31.5 Å². The SMILES string of the molecule is CC(C)(O)C1CCN(c2cc(C(F)(F)F)ccc2CN2CCN(C(=O)N3CC/C(=N\S(C)(=O)=O)N3)CC2)CC1. The van der Waals surface area contributed by atoms with Gasteiger partial charge in [0.15, 0.2) is 0 Å². The predicted molar refractivity (Wildman–Crippen MR) is 142 cm³/mol. The van der Waals surface area contributed by atoms with E-state index in [1.165, 1.54) is 11.1 Å². The van der Waals surface area contributed by atoms with Gasteiger partial charge in [0.2, 0.25) is 0 Å². The number of nitrogens with zero attached hydrogens (tertiary/aromatic N) is 5. The first-order chi connectivity index (χ1) is 18.1. The standard InChI is InChI=1S/C25H37F3N6O4S/c1-24(2,36)19-6-9-32(10-7-19)21-16-20(25(26,27)28)5-4-18(21)17-31-12-14-33(15-13-31)23(35)34-11-8-22(29-34)30-39(3,37)38/h4-5,16,19,36H,6-15,17H2,1-3H3,(H,29,30). The summed E-state index contributed by atoms with van der Waals surface area (Å²) < 4.78 is 67.0. The molecule has 1 aromatic carbocycles. The number of sulfonamides is 1. The Kier molecular flexibility index (Phi) is 8.39. The number of amidine groups is 1. The minimum Gasteiger partial charge on any atom is -0.390 e. The van der Waals surface area contributed by atoms with E-state index in [0.717, 1.165) is 17.9 Å². The van der Waals surface area contributed by atoms with E-state index in [-0.39, 0.29) is 17.8 Å². The average Bonchev–Trinajstić information content (AvgIpc) is 3.30. The zero-order valence-corrected chi connectivity index (χ0v) is 23.4. The molecule has 39 heavy (non-hydrogen) atoms. The van der Waals surface area contributed by atoms with Crippen molar-refractivity contribution in [3.05, 3.63) is 29.3 Å². The van der Waals surface area contributed by atoms with Gasteiger partial charge in [0.1, 0.15) is 5.84 Å². The third kappa shape index (κ3) is 7.54. The molecule has 0 aromatic heterocycles. The number of amides is 2. The third-order valence-corrected chi connectivity index (χ3v) is 8.18. The lowest BCUT2D eigenvalue weighted by molar-refractivity contribution is -0.137. The van der Waals surface area contributed by atoms with E-state index in [4.69, 9.17) is 0 Å². The summed E-state index contributed by atoms with van der Waals surface area (Å²) in [5.41, 5.74) is 2.61. The molecule has 1 aromatic rings. The molecule has 2 amide bonds. The van der Waals surface area contributed by atoms with Crippen LogP contribution in [-0.4, -0.2) is 97.9 Å². The van der Waals surface area contributed by atoms with Gasteiger partial charge in [-0.2, -0.15) is 13.2 Å². The number of hydrazine groups is 1. The molecule has 218 valence electrons. The normalized spacial score (nSPS) is 21.5. The van der Waals surface area contributed by atoms with Crippen molar-refractivity contribution in [1.82, 2.24) is 20.2 Å². The summed E-state index contributed by atoms with van der Waals surface area (Å²) in [4.78, 5) is 18.7. The van der Waals surface area contributed by atoms with Crippen LogP contribution >= 0.6 is 0 Å². The summed E-state index contributed by atoms with van der Waals surface area (Å²) in [6.07, 6.45) is -1.74. The molecule has 0 saturated carbocycles. The smallest absolute Gasteiger partial charge is 0.390 e. The molecule has 14 heteroatoms. The molecule has 3 aliphatic heterocycles. The molecule has 2 N–H and O–H groups in total. The van der Waals surface area contributed by atoms with E-state index in [1.807, 2.05) is 4.90 Å². The van der Waals surface area contributed by atoms with Crippen LogP contribution in [0.4, 0.5) is 23.7 Å². The van der Waals surface area contributed by atoms with Gasteiger partial charge in [-0.15, -0.1) is 4.40 Å². The van der Waals surface area contributed by atoms with Crippen LogP contribution in [0.2, 0.25) is 0 Å². The zero-order valence-electron chi connectivity index (χ0n) is 22.5. The molecule has 0 bridgehead atoms. The maximum absolute atomic E-state index is 13.5. The lowest BCUT2D eigenvalue weighted by Crippen LogP contribution is -2.54. The molecule has 0 unspecified atom stereocenters. The van der Waals surface area contributed by atoms with Gasteiger partial charge in [-0.3, -0.25) is 10.3 Å². The van der Waals surface area contributed by atoms with Crippen molar-refractivity contribution in [3.63, 3.8) is 0 Å². The number of hydrogen-bond acceptors (Lipinski definition) is 6. The van der Waals surface area contributed by atoms with Gasteiger partial charge in [-0.05, 0) is 50.3 Å². The van der Waals surface area contributed by atoms with Crippen molar-refractivity contribution in [1.29, 1.82) is 0 Å². The number of hydrogen-bond donors (Lipinski definition) is 2. The maximum atomic E-state index is 13.5. The molecule has 10 nitrogen and oxygen atoms in total. The number of aliphatic hydroxyl groups is 1. The van der Waals surface area contributed by atoms with E-state index >= 15 is 0 Å². The van der Waals surface area contributed by atoms with Crippen molar-refractivity contribution in [2.45, 2.75) is 51.4 Å². The van der Waals surface area contributed by atoms with Crippen molar-refractivity contribution in [2.75, 3.05) is 57.0 Å². The van der Waals surface area contributed by atoms with E-state index < -0.39 is 27.4 Å². The highest BCUT2D eigenvalue weighted by Gasteiger charge is 2.35. The van der Waals surface area contributed by atoms with Crippen LogP contribution in [0, 0.1) is 5.92 Å². The second kappa shape index (κ2) is 11.1. The fourth-order valence-electron chi connectivity index (χ4n) is 5.40. The summed E-state index contributed by atoms with van der Waals surface area (Å²) >= 11 is 0. The third-order valence-electron chi connectivity index (χ3n) is 7.63. The van der Waals surface area contributed by atoms with Crippen molar-refractivity contribution < 1.29 is 31.5 Å². The lowest BCUT2D eigenvalue weighted by Gasteiger charge is -2.40. The molecule has 0 aliphatic carbocycles. The average molecular weight is 575 g/mol. The van der Waals surface area contributed by atoms with E-state index in [0.29, 0.717) is 77.3 Å². The number of alkyl halides is 3. The first kappa shape index (κ1) is 29.4. The van der Waals surface area contributed by atoms with Crippen LogP contribution in [0.5, 0.6) is 0 Å². The Morgan fingerprint density at radius 1 is 1.08 bits per heavy atom. The largest absolute Gasteiger partial charge is 0.416 e. The van der Waals surface area contributed by atoms with E-state index in [2.05, 4.69) is 14.7 Å². The van der Waals surface area contributed by atoms with Gasteiger partial charge in [0.25, 0.3) is 10.0 Å². The molecule has 3 saturated heterocycles. The lowest BCUT2D eigenvalue weighted by atomic mass is 9.83. The molecule has 3 fully saturated rings. The van der Waals surface area contributed by atoms with Gasteiger partial charge in [0.05, 0.1) is 24.0 Å². The number of piperazine rings is 1. The van der Waals surface area contributed by atoms with E-state index in [1.54, 1.807) is 24.8 Å². The van der Waals surface area contributed by atoms with Crippen LogP contribution in [-0.2, 0) is 22.7 Å². The first-order valence-corrected chi connectivity index (χ1v) is 15.0. The second-order valence-corrected chi connectivity index (χ2v) is 12.7. The van der Waals surface area contributed by atoms with Crippen molar-refractivity contribution >= 4 is 27.6 Å². The minimum absolute atomic E-state index is 0.0902. The maximum Gasteiger partial charge on any atom is 0.416 e. The van der Waals surface area contributed by atoms with Gasteiger partial charge >= 0.3 is 12.2 Å². The summed E-state index contributed by atoms with van der Waals surface area (Å²) in [7, 11) is -3.56. The minimum atomic E-state index is -4.44. The molecular weight excluding hydrogens is 537 g/mol. The summed E-state index contributed by atoms with van der Waals surface area (Å²) in [6, 6.07) is 3.64. The highest BCUT2D eigenvalue weighted by molar-refractivity contribution is 7.89. The summed E-state index contributed by atoms with van der Waals surface area (Å²) in [6.45, 7) is 7.41. The van der Waals surface area contributed by atoms with Crippen LogP contribution in [0.3, 0.4) is 0 Å². The fraction of sp³-hybridized carbons (Fsp3) is 0.680. The molecule has 0 atom stereocenters. The summed E-state index contributed by atoms with van der Waals surface area (Å²) in [5.74, 6) is 0.318. The fourth-order valence-corrected chi connectivity index (χ4v) is 5.93. The van der Waals surface area contributed by atoms with Crippen molar-refractivity contribution in [3.8, 4) is 0 Å². The number of carbonyl (C=O) groups excluding carboxylic acids is 1. The monoisotopic (exact) mass is 574 g/mol. The number of urea groups is 1. The molecule has 3 aliphatic rings. The topological polar surface area (TPSA) is 109 Å². The highest BCUT2D eigenvalue weighted by Crippen LogP contribution is 2.37. The Labute approximate surface area is 227 Å². The van der Waals surface area contributed by atoms with Gasteiger partial charge < -0.3 is 14.9 Å². The van der Waals surface area contributed by atoms with Crippen LogP contribution in [0.1, 0.15) is 44.2 Å². The van der Waals surface area contributed by atoms with Crippen LogP contribution < -0.4 is 10.3 Å². The Balaban J connectivity index is 1.40. The Morgan fingerprint density at radius 2 is 1.72 bits per heavy atom. The Hall–Kier alpha value is -2.58. The van der Waals surface area contributed by atoms with Gasteiger partial charge in [-0.1, -0.05) is 6.07 Å². The highest BCUT2D eigenvalue weighted by atomic mass is 32.2. The Bertz CT molecular complexity index is 1190. The number of halogens is 3. The number of piperidine rings is 1. The van der Waals surface area contributed by atoms with Gasteiger partial charge in [0, 0.05) is 57.9 Å². The molecule has 4 rings (SSSR count). The number of rotatable bonds is 5. The van der Waals surface area contributed by atoms with Gasteiger partial charge in [-0.25, -0.2) is 18.2 Å². The number of benzene rings is 1. The van der Waals surface area contributed by atoms with Crippen LogP contribution in [0.15, 0.2) is 22.6 Å². The molecule has 0 spiro atoms. The zero-order chi connectivity index (χ0) is 28.6. The predicted octanol–water partition coefficient (Wildman–Crippen LogP) is 2.50. The number of anilines is 1. The molecule has 0 radical (unpaired) electrons. The number of carbonyl (C=O) groups is 1. The van der Waals surface area contributed by atoms with Crippen molar-refractivity contribution in [2.24, 2.45) is 10.3 Å². The molecule has 3 heterocycles. The Morgan fingerprint density at radius 3 is 2.28 bits per heavy atom. The number of nitrogens with one attached hydrogen (secondary N) is 1.